The van der Waals surface area contributed by atoms with Gasteiger partial charge < -0.3 is 5.32 Å². The summed E-state index contributed by atoms with van der Waals surface area (Å²) in [6.45, 7) is 11.5. The minimum atomic E-state index is -2.83. The van der Waals surface area contributed by atoms with Crippen LogP contribution in [-0.4, -0.2) is 55.5 Å². The van der Waals surface area contributed by atoms with Crippen molar-refractivity contribution in [1.29, 1.82) is 0 Å². The highest BCUT2D eigenvalue weighted by Gasteiger charge is 2.47. The zero-order valence-electron chi connectivity index (χ0n) is 13.4. The molecule has 2 aliphatic rings. The third kappa shape index (κ3) is 3.74. The second-order valence-corrected chi connectivity index (χ2v) is 9.84. The van der Waals surface area contributed by atoms with Crippen LogP contribution in [0.15, 0.2) is 0 Å². The molecule has 0 amide bonds. The standard InChI is InChI=1S/C15H30N2O2S/c1-5-20(18,19)10-6-9-17-12-15(4,13-7-8-13)16-11-14(17,2)3/h13,16H,5-12H2,1-4H3. The fraction of sp³-hybridized carbons (Fsp3) is 1.00. The molecule has 1 unspecified atom stereocenters. The van der Waals surface area contributed by atoms with E-state index in [-0.39, 0.29) is 16.8 Å². The lowest BCUT2D eigenvalue weighted by atomic mass is 9.86. The Morgan fingerprint density at radius 2 is 1.90 bits per heavy atom. The van der Waals surface area contributed by atoms with Crippen LogP contribution in [0.3, 0.4) is 0 Å². The van der Waals surface area contributed by atoms with E-state index in [0.717, 1.165) is 32.0 Å². The van der Waals surface area contributed by atoms with Gasteiger partial charge in [-0.05, 0) is 52.5 Å². The molecule has 5 heteroatoms. The van der Waals surface area contributed by atoms with Crippen LogP contribution in [0.2, 0.25) is 0 Å². The van der Waals surface area contributed by atoms with Crippen molar-refractivity contribution < 1.29 is 8.42 Å². The molecule has 4 nitrogen and oxygen atoms in total. The molecule has 1 heterocycles. The van der Waals surface area contributed by atoms with Crippen LogP contribution >= 0.6 is 0 Å². The second kappa shape index (κ2) is 5.58. The summed E-state index contributed by atoms with van der Waals surface area (Å²) in [5.74, 6) is 1.39. The molecule has 0 radical (unpaired) electrons. The molecular formula is C15H30N2O2S. The lowest BCUT2D eigenvalue weighted by Gasteiger charge is -2.51. The second-order valence-electron chi connectivity index (χ2n) is 7.37. The fourth-order valence-corrected chi connectivity index (χ4v) is 4.05. The zero-order chi connectivity index (χ0) is 15.0. The van der Waals surface area contributed by atoms with Crippen LogP contribution in [0.5, 0.6) is 0 Å². The highest BCUT2D eigenvalue weighted by Crippen LogP contribution is 2.42. The van der Waals surface area contributed by atoms with E-state index in [4.69, 9.17) is 0 Å². The molecule has 1 aliphatic heterocycles. The lowest BCUT2D eigenvalue weighted by molar-refractivity contribution is 0.0247. The van der Waals surface area contributed by atoms with Crippen molar-refractivity contribution in [3.8, 4) is 0 Å². The van der Waals surface area contributed by atoms with Crippen LogP contribution in [0, 0.1) is 5.92 Å². The van der Waals surface area contributed by atoms with Gasteiger partial charge in [-0.25, -0.2) is 8.42 Å². The third-order valence-electron chi connectivity index (χ3n) is 5.10. The first-order valence-electron chi connectivity index (χ1n) is 7.89. The van der Waals surface area contributed by atoms with Crippen LogP contribution in [0.25, 0.3) is 0 Å². The zero-order valence-corrected chi connectivity index (χ0v) is 14.2. The van der Waals surface area contributed by atoms with Crippen LogP contribution in [0.1, 0.15) is 47.0 Å². The molecule has 2 fully saturated rings. The van der Waals surface area contributed by atoms with Gasteiger partial charge in [0.15, 0.2) is 0 Å². The normalized spacial score (nSPS) is 31.4. The first-order chi connectivity index (χ1) is 9.19. The van der Waals surface area contributed by atoms with Crippen LogP contribution in [0.4, 0.5) is 0 Å². The maximum atomic E-state index is 11.6. The lowest BCUT2D eigenvalue weighted by Crippen LogP contribution is -2.68. The molecule has 1 aliphatic carbocycles. The third-order valence-corrected chi connectivity index (χ3v) is 6.89. The molecule has 118 valence electrons. The molecule has 0 spiro atoms. The Hall–Kier alpha value is -0.130. The Morgan fingerprint density at radius 1 is 1.25 bits per heavy atom. The average Bonchev–Trinajstić information content (AvgIpc) is 3.19. The minimum Gasteiger partial charge on any atom is -0.308 e. The number of hydrogen-bond donors (Lipinski definition) is 1. The van der Waals surface area contributed by atoms with Gasteiger partial charge in [0.2, 0.25) is 0 Å². The maximum absolute atomic E-state index is 11.6. The van der Waals surface area contributed by atoms with E-state index in [0.29, 0.717) is 5.75 Å². The van der Waals surface area contributed by atoms with E-state index in [1.165, 1.54) is 12.8 Å². The van der Waals surface area contributed by atoms with E-state index >= 15 is 0 Å². The first-order valence-corrected chi connectivity index (χ1v) is 9.71. The molecule has 1 N–H and O–H groups in total. The smallest absolute Gasteiger partial charge is 0.150 e. The summed E-state index contributed by atoms with van der Waals surface area (Å²) in [5.41, 5.74) is 0.337. The van der Waals surface area contributed by atoms with Crippen molar-refractivity contribution in [2.24, 2.45) is 5.92 Å². The summed E-state index contributed by atoms with van der Waals surface area (Å²) in [7, 11) is -2.83. The molecule has 0 aromatic carbocycles. The minimum absolute atomic E-state index is 0.115. The number of nitrogens with zero attached hydrogens (tertiary/aromatic N) is 1. The summed E-state index contributed by atoms with van der Waals surface area (Å²) >= 11 is 0. The monoisotopic (exact) mass is 302 g/mol. The Balaban J connectivity index is 1.93. The largest absolute Gasteiger partial charge is 0.308 e. The summed E-state index contributed by atoms with van der Waals surface area (Å²) in [6, 6.07) is 0. The SMILES string of the molecule is CCS(=O)(=O)CCCN1CC(C)(C2CC2)NCC1(C)C. The van der Waals surface area contributed by atoms with Crippen LogP contribution < -0.4 is 5.32 Å². The van der Waals surface area contributed by atoms with Gasteiger partial charge in [0.1, 0.15) is 9.84 Å². The van der Waals surface area contributed by atoms with Gasteiger partial charge in [-0.2, -0.15) is 0 Å². The topological polar surface area (TPSA) is 49.4 Å². The van der Waals surface area contributed by atoms with Crippen LogP contribution in [-0.2, 0) is 9.84 Å². The summed E-state index contributed by atoms with van der Waals surface area (Å²) in [6.07, 6.45) is 3.42. The molecule has 1 saturated carbocycles. The number of sulfone groups is 1. The van der Waals surface area contributed by atoms with Gasteiger partial charge in [-0.15, -0.1) is 0 Å². The Morgan fingerprint density at radius 3 is 2.45 bits per heavy atom. The van der Waals surface area contributed by atoms with Crippen molar-refractivity contribution in [2.45, 2.75) is 58.0 Å². The van der Waals surface area contributed by atoms with E-state index in [9.17, 15) is 8.42 Å². The van der Waals surface area contributed by atoms with Crippen molar-refractivity contribution in [3.05, 3.63) is 0 Å². The van der Waals surface area contributed by atoms with E-state index < -0.39 is 9.84 Å². The molecule has 1 saturated heterocycles. The van der Waals surface area contributed by atoms with Gasteiger partial charge in [-0.1, -0.05) is 6.92 Å². The number of piperazine rings is 1. The van der Waals surface area contributed by atoms with E-state index in [2.05, 4.69) is 31.0 Å². The molecule has 20 heavy (non-hydrogen) atoms. The molecule has 0 aromatic heterocycles. The predicted octanol–water partition coefficient (Wildman–Crippen LogP) is 1.66. The summed E-state index contributed by atoms with van der Waals surface area (Å²) in [5, 5.41) is 3.74. The van der Waals surface area contributed by atoms with E-state index in [1.54, 1.807) is 6.92 Å². The average molecular weight is 302 g/mol. The van der Waals surface area contributed by atoms with E-state index in [1.807, 2.05) is 0 Å². The number of hydrogen-bond acceptors (Lipinski definition) is 4. The Bertz CT molecular complexity index is 443. The molecule has 1 atom stereocenters. The van der Waals surface area contributed by atoms with Gasteiger partial charge in [0, 0.05) is 29.9 Å². The molecule has 0 bridgehead atoms. The van der Waals surface area contributed by atoms with Crippen molar-refractivity contribution in [2.75, 3.05) is 31.1 Å². The van der Waals surface area contributed by atoms with Gasteiger partial charge in [0.25, 0.3) is 0 Å². The Labute approximate surface area is 124 Å². The molecule has 2 rings (SSSR count). The van der Waals surface area contributed by atoms with Gasteiger partial charge in [-0.3, -0.25) is 4.90 Å². The quantitative estimate of drug-likeness (QED) is 0.811. The Kier molecular flexibility index (Phi) is 4.53. The molecule has 0 aromatic rings. The fourth-order valence-electron chi connectivity index (χ4n) is 3.19. The summed E-state index contributed by atoms with van der Waals surface area (Å²) < 4.78 is 23.2. The highest BCUT2D eigenvalue weighted by atomic mass is 32.2. The van der Waals surface area contributed by atoms with Crippen molar-refractivity contribution in [1.82, 2.24) is 10.2 Å². The number of nitrogens with one attached hydrogen (secondary N) is 1. The first kappa shape index (κ1) is 16.2. The van der Waals surface area contributed by atoms with Crippen molar-refractivity contribution >= 4 is 9.84 Å². The summed E-state index contributed by atoms with van der Waals surface area (Å²) in [4.78, 5) is 2.49. The van der Waals surface area contributed by atoms with Gasteiger partial charge in [0.05, 0.1) is 5.75 Å². The molecular weight excluding hydrogens is 272 g/mol. The maximum Gasteiger partial charge on any atom is 0.150 e. The van der Waals surface area contributed by atoms with Gasteiger partial charge >= 0.3 is 0 Å². The highest BCUT2D eigenvalue weighted by molar-refractivity contribution is 7.91. The number of rotatable bonds is 6. The van der Waals surface area contributed by atoms with Crippen molar-refractivity contribution in [3.63, 3.8) is 0 Å². The predicted molar refractivity (Wildman–Crippen MR) is 83.7 cm³/mol.